The Kier molecular flexibility index (Phi) is 9.31. The van der Waals surface area contributed by atoms with Gasteiger partial charge in [0.05, 0.1) is 0 Å². The van der Waals surface area contributed by atoms with Crippen molar-refractivity contribution < 1.29 is 4.39 Å². The molecule has 0 fully saturated rings. The van der Waals surface area contributed by atoms with Crippen LogP contribution in [0.1, 0.15) is 82.7 Å². The first-order chi connectivity index (χ1) is 9.74. The summed E-state index contributed by atoms with van der Waals surface area (Å²) in [6.45, 7) is 2.25. The molecule has 0 aromatic heterocycles. The van der Waals surface area contributed by atoms with Crippen LogP contribution >= 0.6 is 0 Å². The van der Waals surface area contributed by atoms with Gasteiger partial charge in [-0.3, -0.25) is 0 Å². The predicted molar refractivity (Wildman–Crippen MR) is 85.2 cm³/mol. The third kappa shape index (κ3) is 7.64. The van der Waals surface area contributed by atoms with Crippen molar-refractivity contribution >= 4 is 0 Å². The SMILES string of the molecule is CCCCCCCCCCCC(N)c1ccc(F)cc1. The molecule has 1 rings (SSSR count). The topological polar surface area (TPSA) is 26.0 Å². The Hall–Kier alpha value is -0.890. The molecule has 2 heteroatoms. The maximum atomic E-state index is 12.8. The number of rotatable bonds is 11. The van der Waals surface area contributed by atoms with Gasteiger partial charge in [-0.25, -0.2) is 4.39 Å². The molecule has 20 heavy (non-hydrogen) atoms. The molecule has 0 radical (unpaired) electrons. The van der Waals surface area contributed by atoms with Crippen molar-refractivity contribution in [3.8, 4) is 0 Å². The van der Waals surface area contributed by atoms with E-state index in [-0.39, 0.29) is 11.9 Å². The molecule has 1 atom stereocenters. The summed E-state index contributed by atoms with van der Waals surface area (Å²) in [5, 5.41) is 0. The normalized spacial score (nSPS) is 12.6. The predicted octanol–water partition coefficient (Wildman–Crippen LogP) is 5.75. The van der Waals surface area contributed by atoms with E-state index < -0.39 is 0 Å². The molecule has 0 heterocycles. The van der Waals surface area contributed by atoms with Gasteiger partial charge in [0.1, 0.15) is 5.82 Å². The Morgan fingerprint density at radius 3 is 1.90 bits per heavy atom. The van der Waals surface area contributed by atoms with Crippen LogP contribution in [0.15, 0.2) is 24.3 Å². The van der Waals surface area contributed by atoms with E-state index in [1.807, 2.05) is 0 Å². The highest BCUT2D eigenvalue weighted by Crippen LogP contribution is 2.18. The second-order valence-electron chi connectivity index (χ2n) is 5.78. The first kappa shape index (κ1) is 17.2. The van der Waals surface area contributed by atoms with Gasteiger partial charge in [-0.2, -0.15) is 0 Å². The van der Waals surface area contributed by atoms with Gasteiger partial charge in [0.2, 0.25) is 0 Å². The minimum atomic E-state index is -0.191. The Morgan fingerprint density at radius 2 is 1.35 bits per heavy atom. The highest BCUT2D eigenvalue weighted by atomic mass is 19.1. The maximum absolute atomic E-state index is 12.8. The van der Waals surface area contributed by atoms with Crippen molar-refractivity contribution in [3.63, 3.8) is 0 Å². The maximum Gasteiger partial charge on any atom is 0.123 e. The molecular formula is C18H30FN. The highest BCUT2D eigenvalue weighted by molar-refractivity contribution is 5.19. The monoisotopic (exact) mass is 279 g/mol. The third-order valence-corrected chi connectivity index (χ3v) is 3.92. The van der Waals surface area contributed by atoms with Crippen LogP contribution in [0.25, 0.3) is 0 Å². The van der Waals surface area contributed by atoms with Crippen LogP contribution in [0.4, 0.5) is 4.39 Å². The van der Waals surface area contributed by atoms with Crippen molar-refractivity contribution in [2.45, 2.75) is 77.2 Å². The van der Waals surface area contributed by atoms with Gasteiger partial charge >= 0.3 is 0 Å². The van der Waals surface area contributed by atoms with Gasteiger partial charge in [-0.05, 0) is 24.1 Å². The second kappa shape index (κ2) is 10.8. The summed E-state index contributed by atoms with van der Waals surface area (Å²) in [7, 11) is 0. The van der Waals surface area contributed by atoms with Crippen molar-refractivity contribution in [1.29, 1.82) is 0 Å². The first-order valence-corrected chi connectivity index (χ1v) is 8.25. The Balaban J connectivity index is 1.99. The highest BCUT2D eigenvalue weighted by Gasteiger charge is 2.05. The lowest BCUT2D eigenvalue weighted by Gasteiger charge is -2.11. The molecule has 0 aliphatic heterocycles. The van der Waals surface area contributed by atoms with Crippen LogP contribution in [0.2, 0.25) is 0 Å². The molecule has 0 aliphatic carbocycles. The molecule has 0 saturated heterocycles. The van der Waals surface area contributed by atoms with E-state index in [1.54, 1.807) is 12.1 Å². The number of unbranched alkanes of at least 4 members (excludes halogenated alkanes) is 8. The largest absolute Gasteiger partial charge is 0.324 e. The minimum absolute atomic E-state index is 0.0557. The molecular weight excluding hydrogens is 249 g/mol. The molecule has 114 valence electrons. The standard InChI is InChI=1S/C18H30FN/c1-2-3-4-5-6-7-8-9-10-11-18(20)16-12-14-17(19)15-13-16/h12-15,18H,2-11,20H2,1H3. The average molecular weight is 279 g/mol. The van der Waals surface area contributed by atoms with E-state index in [9.17, 15) is 4.39 Å². The number of hydrogen-bond donors (Lipinski definition) is 1. The zero-order valence-corrected chi connectivity index (χ0v) is 12.9. The van der Waals surface area contributed by atoms with Gasteiger partial charge in [-0.1, -0.05) is 76.8 Å². The average Bonchev–Trinajstić information content (AvgIpc) is 2.46. The molecule has 0 saturated carbocycles. The van der Waals surface area contributed by atoms with Crippen LogP contribution in [0.3, 0.4) is 0 Å². The summed E-state index contributed by atoms with van der Waals surface area (Å²) in [5.74, 6) is -0.191. The first-order valence-electron chi connectivity index (χ1n) is 8.25. The van der Waals surface area contributed by atoms with Crippen LogP contribution in [-0.2, 0) is 0 Å². The van der Waals surface area contributed by atoms with E-state index in [1.165, 1.54) is 69.9 Å². The molecule has 0 aliphatic rings. The molecule has 1 nitrogen and oxygen atoms in total. The zero-order chi connectivity index (χ0) is 14.6. The molecule has 1 unspecified atom stereocenters. The summed E-state index contributed by atoms with van der Waals surface area (Å²) in [5.41, 5.74) is 7.17. The Morgan fingerprint density at radius 1 is 0.850 bits per heavy atom. The number of hydrogen-bond acceptors (Lipinski definition) is 1. The summed E-state index contributed by atoms with van der Waals surface area (Å²) in [6, 6.07) is 6.64. The van der Waals surface area contributed by atoms with Gasteiger partial charge in [0.15, 0.2) is 0 Å². The van der Waals surface area contributed by atoms with Crippen LogP contribution in [0.5, 0.6) is 0 Å². The third-order valence-electron chi connectivity index (χ3n) is 3.92. The fourth-order valence-electron chi connectivity index (χ4n) is 2.55. The minimum Gasteiger partial charge on any atom is -0.324 e. The van der Waals surface area contributed by atoms with E-state index in [2.05, 4.69) is 6.92 Å². The summed E-state index contributed by atoms with van der Waals surface area (Å²) < 4.78 is 12.8. The fraction of sp³-hybridized carbons (Fsp3) is 0.667. The lowest BCUT2D eigenvalue weighted by Crippen LogP contribution is -2.09. The second-order valence-corrected chi connectivity index (χ2v) is 5.78. The smallest absolute Gasteiger partial charge is 0.123 e. The molecule has 2 N–H and O–H groups in total. The summed E-state index contributed by atoms with van der Waals surface area (Å²) >= 11 is 0. The Bertz CT molecular complexity index is 334. The van der Waals surface area contributed by atoms with Gasteiger partial charge in [0, 0.05) is 6.04 Å². The van der Waals surface area contributed by atoms with E-state index in [0.29, 0.717) is 0 Å². The van der Waals surface area contributed by atoms with Crippen LogP contribution in [0, 0.1) is 5.82 Å². The van der Waals surface area contributed by atoms with E-state index in [0.717, 1.165) is 12.0 Å². The van der Waals surface area contributed by atoms with Crippen molar-refractivity contribution in [2.75, 3.05) is 0 Å². The molecule has 0 spiro atoms. The van der Waals surface area contributed by atoms with Crippen molar-refractivity contribution in [3.05, 3.63) is 35.6 Å². The lowest BCUT2D eigenvalue weighted by atomic mass is 10.00. The molecule has 1 aromatic carbocycles. The van der Waals surface area contributed by atoms with E-state index >= 15 is 0 Å². The summed E-state index contributed by atoms with van der Waals surface area (Å²) in [4.78, 5) is 0. The number of halogens is 1. The number of benzene rings is 1. The quantitative estimate of drug-likeness (QED) is 0.513. The van der Waals surface area contributed by atoms with Gasteiger partial charge < -0.3 is 5.73 Å². The summed E-state index contributed by atoms with van der Waals surface area (Å²) in [6.07, 6.45) is 13.0. The Labute approximate surface area is 123 Å². The van der Waals surface area contributed by atoms with Crippen molar-refractivity contribution in [1.82, 2.24) is 0 Å². The van der Waals surface area contributed by atoms with Crippen molar-refractivity contribution in [2.24, 2.45) is 5.73 Å². The fourth-order valence-corrected chi connectivity index (χ4v) is 2.55. The molecule has 0 bridgehead atoms. The molecule has 0 amide bonds. The van der Waals surface area contributed by atoms with Crippen LogP contribution in [-0.4, -0.2) is 0 Å². The molecule has 1 aromatic rings. The van der Waals surface area contributed by atoms with Gasteiger partial charge in [0.25, 0.3) is 0 Å². The zero-order valence-electron chi connectivity index (χ0n) is 12.9. The van der Waals surface area contributed by atoms with Crippen LogP contribution < -0.4 is 5.73 Å². The lowest BCUT2D eigenvalue weighted by molar-refractivity contribution is 0.531. The van der Waals surface area contributed by atoms with E-state index in [4.69, 9.17) is 5.73 Å². The number of nitrogens with two attached hydrogens (primary N) is 1. The van der Waals surface area contributed by atoms with Gasteiger partial charge in [-0.15, -0.1) is 0 Å².